The fourth-order valence-electron chi connectivity index (χ4n) is 2.71. The highest BCUT2D eigenvalue weighted by Gasteiger charge is 2.06. The minimum Gasteiger partial charge on any atom is -0.245 e. The second kappa shape index (κ2) is 13.7. The number of allylic oxidation sites excluding steroid dienone is 4. The lowest BCUT2D eigenvalue weighted by atomic mass is 9.99. The predicted molar refractivity (Wildman–Crippen MR) is 143 cm³/mol. The SMILES string of the molecule is CC.CC.CC1C=CC(/C=N/c2ccc(-c3ccc(/N=C/c4ccccc4)s3)s2)=CC1. The van der Waals surface area contributed by atoms with Crippen LogP contribution in [0.1, 0.15) is 46.6 Å². The Morgan fingerprint density at radius 1 is 0.774 bits per heavy atom. The Morgan fingerprint density at radius 3 is 1.90 bits per heavy atom. The molecule has 4 rings (SSSR count). The largest absolute Gasteiger partial charge is 0.245 e. The van der Waals surface area contributed by atoms with Gasteiger partial charge in [-0.15, -0.1) is 22.7 Å². The Labute approximate surface area is 195 Å². The summed E-state index contributed by atoms with van der Waals surface area (Å²) in [5.74, 6) is 0.632. The number of hydrogen-bond donors (Lipinski definition) is 0. The predicted octanol–water partition coefficient (Wildman–Crippen LogP) is 9.50. The maximum absolute atomic E-state index is 4.63. The maximum atomic E-state index is 4.63. The minimum atomic E-state index is 0.632. The van der Waals surface area contributed by atoms with Gasteiger partial charge in [-0.05, 0) is 47.7 Å². The molecule has 0 spiro atoms. The molecule has 4 heteroatoms. The first-order valence-electron chi connectivity index (χ1n) is 11.0. The molecule has 0 radical (unpaired) electrons. The van der Waals surface area contributed by atoms with Crippen molar-refractivity contribution in [1.29, 1.82) is 0 Å². The molecule has 162 valence electrons. The van der Waals surface area contributed by atoms with E-state index in [0.29, 0.717) is 5.92 Å². The highest BCUT2D eigenvalue weighted by molar-refractivity contribution is 7.25. The molecule has 1 aliphatic rings. The van der Waals surface area contributed by atoms with Crippen LogP contribution < -0.4 is 0 Å². The van der Waals surface area contributed by atoms with Gasteiger partial charge in [0.2, 0.25) is 0 Å². The van der Waals surface area contributed by atoms with Crippen molar-refractivity contribution in [2.45, 2.75) is 41.0 Å². The first-order chi connectivity index (χ1) is 15.3. The molecular formula is C27H32N2S2. The number of aliphatic imine (C=N–C) groups is 2. The van der Waals surface area contributed by atoms with Gasteiger partial charge in [0.15, 0.2) is 0 Å². The number of benzene rings is 1. The van der Waals surface area contributed by atoms with Gasteiger partial charge in [0, 0.05) is 22.2 Å². The summed E-state index contributed by atoms with van der Waals surface area (Å²) in [6.45, 7) is 10.2. The minimum absolute atomic E-state index is 0.632. The van der Waals surface area contributed by atoms with Crippen LogP contribution in [0.25, 0.3) is 9.75 Å². The van der Waals surface area contributed by atoms with E-state index in [2.05, 4.69) is 71.5 Å². The summed E-state index contributed by atoms with van der Waals surface area (Å²) in [7, 11) is 0. The quantitative estimate of drug-likeness (QED) is 0.347. The van der Waals surface area contributed by atoms with Crippen LogP contribution in [0.4, 0.5) is 10.0 Å². The van der Waals surface area contributed by atoms with Crippen LogP contribution in [0.3, 0.4) is 0 Å². The van der Waals surface area contributed by atoms with Crippen molar-refractivity contribution in [3.05, 3.63) is 84.0 Å². The summed E-state index contributed by atoms with van der Waals surface area (Å²) in [6.07, 6.45) is 11.6. The Kier molecular flexibility index (Phi) is 10.9. The second-order valence-corrected chi connectivity index (χ2v) is 8.60. The van der Waals surface area contributed by atoms with Crippen molar-refractivity contribution < 1.29 is 0 Å². The average Bonchev–Trinajstić information content (AvgIpc) is 3.50. The van der Waals surface area contributed by atoms with Gasteiger partial charge in [0.05, 0.1) is 0 Å². The van der Waals surface area contributed by atoms with Gasteiger partial charge in [-0.25, -0.2) is 9.98 Å². The molecule has 1 aromatic carbocycles. The molecule has 0 saturated carbocycles. The van der Waals surface area contributed by atoms with E-state index in [9.17, 15) is 0 Å². The zero-order valence-corrected chi connectivity index (χ0v) is 20.7. The molecule has 0 amide bonds. The normalized spacial score (nSPS) is 15.3. The smallest absolute Gasteiger partial charge is 0.116 e. The standard InChI is InChI=1S/C23H20N2S2.2C2H6/c1-17-7-9-19(10-8-17)16-25-23-14-12-21(27-23)20-11-13-22(26-20)24-15-18-5-3-2-4-6-18;2*1-2/h2-7,9-17H,8H2,1H3;2*1-2H3/b24-15+,25-16+;;. The molecule has 0 fully saturated rings. The molecule has 0 N–H and O–H groups in total. The van der Waals surface area contributed by atoms with Crippen molar-refractivity contribution in [2.75, 3.05) is 0 Å². The lowest BCUT2D eigenvalue weighted by Gasteiger charge is -2.07. The third-order valence-corrected chi connectivity index (χ3v) is 6.43. The molecular weight excluding hydrogens is 416 g/mol. The fourth-order valence-corrected chi connectivity index (χ4v) is 4.51. The summed E-state index contributed by atoms with van der Waals surface area (Å²) in [5, 5.41) is 2.04. The van der Waals surface area contributed by atoms with Gasteiger partial charge in [-0.2, -0.15) is 0 Å². The van der Waals surface area contributed by atoms with Crippen LogP contribution in [-0.2, 0) is 0 Å². The molecule has 2 nitrogen and oxygen atoms in total. The van der Waals surface area contributed by atoms with E-state index in [4.69, 9.17) is 0 Å². The van der Waals surface area contributed by atoms with Crippen LogP contribution in [0, 0.1) is 5.92 Å². The average molecular weight is 449 g/mol. The van der Waals surface area contributed by atoms with Gasteiger partial charge in [0.1, 0.15) is 10.0 Å². The molecule has 0 aliphatic heterocycles. The van der Waals surface area contributed by atoms with E-state index in [-0.39, 0.29) is 0 Å². The maximum Gasteiger partial charge on any atom is 0.116 e. The Morgan fingerprint density at radius 2 is 1.35 bits per heavy atom. The monoisotopic (exact) mass is 448 g/mol. The summed E-state index contributed by atoms with van der Waals surface area (Å²) in [4.78, 5) is 11.7. The summed E-state index contributed by atoms with van der Waals surface area (Å²) in [6, 6.07) is 18.6. The van der Waals surface area contributed by atoms with E-state index in [1.807, 2.05) is 58.3 Å². The number of thiophene rings is 2. The Balaban J connectivity index is 0.000000807. The molecule has 31 heavy (non-hydrogen) atoms. The van der Waals surface area contributed by atoms with Gasteiger partial charge in [0.25, 0.3) is 0 Å². The van der Waals surface area contributed by atoms with Gasteiger partial charge in [-0.1, -0.05) is 83.2 Å². The van der Waals surface area contributed by atoms with Crippen LogP contribution in [0.15, 0.2) is 88.4 Å². The van der Waals surface area contributed by atoms with Crippen molar-refractivity contribution in [2.24, 2.45) is 15.9 Å². The van der Waals surface area contributed by atoms with Crippen LogP contribution in [0.5, 0.6) is 0 Å². The summed E-state index contributed by atoms with van der Waals surface area (Å²) in [5.41, 5.74) is 2.30. The molecule has 0 saturated heterocycles. The van der Waals surface area contributed by atoms with E-state index in [1.54, 1.807) is 22.7 Å². The molecule has 3 aromatic rings. The molecule has 2 aromatic heterocycles. The van der Waals surface area contributed by atoms with Crippen molar-refractivity contribution in [3.63, 3.8) is 0 Å². The number of hydrogen-bond acceptors (Lipinski definition) is 4. The van der Waals surface area contributed by atoms with E-state index < -0.39 is 0 Å². The highest BCUT2D eigenvalue weighted by Crippen LogP contribution is 2.39. The Hall–Kier alpha value is -2.56. The van der Waals surface area contributed by atoms with Crippen LogP contribution in [-0.4, -0.2) is 12.4 Å². The zero-order valence-electron chi connectivity index (χ0n) is 19.1. The molecule has 0 bridgehead atoms. The molecule has 2 heterocycles. The third kappa shape index (κ3) is 7.89. The summed E-state index contributed by atoms with van der Waals surface area (Å²) >= 11 is 3.42. The number of rotatable bonds is 5. The Bertz CT molecular complexity index is 1020. The fraction of sp³-hybridized carbons (Fsp3) is 0.259. The van der Waals surface area contributed by atoms with Crippen molar-refractivity contribution in [3.8, 4) is 9.75 Å². The summed E-state index contributed by atoms with van der Waals surface area (Å²) < 4.78 is 0. The van der Waals surface area contributed by atoms with Crippen molar-refractivity contribution in [1.82, 2.24) is 0 Å². The third-order valence-electron chi connectivity index (χ3n) is 4.25. The van der Waals surface area contributed by atoms with Gasteiger partial charge in [-0.3, -0.25) is 0 Å². The van der Waals surface area contributed by atoms with Gasteiger partial charge >= 0.3 is 0 Å². The molecule has 1 atom stereocenters. The lowest BCUT2D eigenvalue weighted by Crippen LogP contribution is -1.94. The van der Waals surface area contributed by atoms with E-state index >= 15 is 0 Å². The van der Waals surface area contributed by atoms with Crippen LogP contribution >= 0.6 is 22.7 Å². The first kappa shape index (κ1) is 24.7. The number of nitrogens with zero attached hydrogens (tertiary/aromatic N) is 2. The van der Waals surface area contributed by atoms with Crippen LogP contribution in [0.2, 0.25) is 0 Å². The van der Waals surface area contributed by atoms with Crippen molar-refractivity contribution >= 4 is 45.1 Å². The van der Waals surface area contributed by atoms with E-state index in [0.717, 1.165) is 22.0 Å². The van der Waals surface area contributed by atoms with Gasteiger partial charge < -0.3 is 0 Å². The van der Waals surface area contributed by atoms with E-state index in [1.165, 1.54) is 15.3 Å². The molecule has 1 aliphatic carbocycles. The lowest BCUT2D eigenvalue weighted by molar-refractivity contribution is 0.734. The highest BCUT2D eigenvalue weighted by atomic mass is 32.1. The first-order valence-corrected chi connectivity index (χ1v) is 12.6. The zero-order chi connectivity index (χ0) is 22.5. The topological polar surface area (TPSA) is 24.7 Å². The second-order valence-electron chi connectivity index (χ2n) is 6.48. The molecule has 1 unspecified atom stereocenters.